The van der Waals surface area contributed by atoms with E-state index >= 15 is 4.39 Å². The van der Waals surface area contributed by atoms with Gasteiger partial charge in [-0.3, -0.25) is 4.90 Å². The molecule has 0 spiro atoms. The average molecular weight is 551 g/mol. The quantitative estimate of drug-likeness (QED) is 0.404. The maximum atomic E-state index is 15.8. The van der Waals surface area contributed by atoms with E-state index in [0.717, 1.165) is 37.5 Å². The number of alkyl halides is 1. The first-order valence-corrected chi connectivity index (χ1v) is 17.0. The van der Waals surface area contributed by atoms with Crippen molar-refractivity contribution in [3.63, 3.8) is 0 Å². The summed E-state index contributed by atoms with van der Waals surface area (Å²) in [5, 5.41) is -0.198. The molecule has 4 nitrogen and oxygen atoms in total. The number of halogens is 1. The first kappa shape index (κ1) is 26.0. The molecule has 2 aliphatic heterocycles. The minimum atomic E-state index is -3.18. The first-order chi connectivity index (χ1) is 18.9. The van der Waals surface area contributed by atoms with E-state index in [2.05, 4.69) is 29.2 Å². The smallest absolute Gasteiger partial charge is 0.181 e. The van der Waals surface area contributed by atoms with Crippen LogP contribution in [0.4, 0.5) is 10.1 Å². The average Bonchev–Trinajstić information content (AvgIpc) is 3.67. The topological polar surface area (TPSA) is 40.6 Å². The van der Waals surface area contributed by atoms with Crippen LogP contribution in [0.2, 0.25) is 0 Å². The Morgan fingerprint density at radius 2 is 1.49 bits per heavy atom. The van der Waals surface area contributed by atoms with E-state index in [1.807, 2.05) is 17.0 Å². The molecule has 6 heteroatoms. The van der Waals surface area contributed by atoms with Crippen LogP contribution in [-0.4, -0.2) is 57.0 Å². The summed E-state index contributed by atoms with van der Waals surface area (Å²) in [6.07, 6.45) is 13.3. The molecule has 39 heavy (non-hydrogen) atoms. The monoisotopic (exact) mass is 550 g/mol. The molecule has 210 valence electrons. The van der Waals surface area contributed by atoms with Gasteiger partial charge >= 0.3 is 0 Å². The van der Waals surface area contributed by atoms with Gasteiger partial charge in [-0.05, 0) is 118 Å². The molecule has 0 aromatic heterocycles. The Kier molecular flexibility index (Phi) is 6.58. The van der Waals surface area contributed by atoms with E-state index < -0.39 is 15.5 Å². The maximum Gasteiger partial charge on any atom is 0.181 e. The Balaban J connectivity index is 0.983. The van der Waals surface area contributed by atoms with Crippen molar-refractivity contribution in [1.82, 2.24) is 4.90 Å². The van der Waals surface area contributed by atoms with Crippen molar-refractivity contribution in [3.8, 4) is 0 Å². The molecule has 4 fully saturated rings. The van der Waals surface area contributed by atoms with Crippen LogP contribution >= 0.6 is 0 Å². The first-order valence-electron chi connectivity index (χ1n) is 15.5. The summed E-state index contributed by atoms with van der Waals surface area (Å²) in [6, 6.07) is 16.4. The van der Waals surface area contributed by atoms with E-state index in [1.54, 1.807) is 23.3 Å². The molecule has 2 heterocycles. The predicted octanol–water partition coefficient (Wildman–Crippen LogP) is 6.33. The van der Waals surface area contributed by atoms with E-state index in [0.29, 0.717) is 35.9 Å². The van der Waals surface area contributed by atoms with Gasteiger partial charge in [0.15, 0.2) is 15.5 Å². The van der Waals surface area contributed by atoms with Gasteiger partial charge in [0.1, 0.15) is 0 Å². The Bertz CT molecular complexity index is 1290. The van der Waals surface area contributed by atoms with Crippen molar-refractivity contribution in [2.24, 2.45) is 11.8 Å². The molecule has 2 aromatic carbocycles. The van der Waals surface area contributed by atoms with Crippen molar-refractivity contribution < 1.29 is 12.8 Å². The summed E-state index contributed by atoms with van der Waals surface area (Å²) in [4.78, 5) is 4.84. The number of nitrogens with zero attached hydrogens (tertiary/aromatic N) is 2. The second-order valence-electron chi connectivity index (χ2n) is 13.3. The van der Waals surface area contributed by atoms with Gasteiger partial charge in [-0.2, -0.15) is 0 Å². The number of aryl methyl sites for hydroxylation is 1. The van der Waals surface area contributed by atoms with Crippen LogP contribution in [0.5, 0.6) is 0 Å². The zero-order valence-electron chi connectivity index (χ0n) is 23.2. The number of sulfone groups is 1. The molecule has 5 aliphatic rings. The third kappa shape index (κ3) is 4.64. The molecule has 0 N–H and O–H groups in total. The molecule has 7 rings (SSSR count). The third-order valence-electron chi connectivity index (χ3n) is 10.9. The summed E-state index contributed by atoms with van der Waals surface area (Å²) in [5.74, 6) is 1.52. The zero-order chi connectivity index (χ0) is 26.7. The largest absolute Gasteiger partial charge is 0.365 e. The molecule has 0 amide bonds. The Morgan fingerprint density at radius 1 is 0.821 bits per heavy atom. The molecule has 0 bridgehead atoms. The van der Waals surface area contributed by atoms with Gasteiger partial charge in [0, 0.05) is 17.6 Å². The minimum Gasteiger partial charge on any atom is -0.365 e. The van der Waals surface area contributed by atoms with E-state index in [-0.39, 0.29) is 5.25 Å². The standard InChI is InChI=1S/C33H43FN2O2S/c34-32(23-36(24-32)28-11-13-29(14-12-28)39(37,38)30-15-16-30)22-35-20-17-27(18-21-35)33(26-8-2-3-9-26)19-5-7-25-6-1-4-10-31(25)33/h1,4,6,10-14,26-27,30H,2-3,5,7-9,15-24H2. The normalized spacial score (nSPS) is 28.3. The lowest BCUT2D eigenvalue weighted by Crippen LogP contribution is -2.64. The Hall–Kier alpha value is -1.92. The van der Waals surface area contributed by atoms with Crippen LogP contribution in [0.25, 0.3) is 0 Å². The van der Waals surface area contributed by atoms with Crippen LogP contribution < -0.4 is 4.90 Å². The van der Waals surface area contributed by atoms with E-state index in [9.17, 15) is 8.42 Å². The fourth-order valence-corrected chi connectivity index (χ4v) is 10.5. The highest BCUT2D eigenvalue weighted by molar-refractivity contribution is 7.92. The highest BCUT2D eigenvalue weighted by Gasteiger charge is 2.51. The summed E-state index contributed by atoms with van der Waals surface area (Å²) < 4.78 is 40.8. The van der Waals surface area contributed by atoms with Crippen molar-refractivity contribution in [2.75, 3.05) is 37.6 Å². The molecule has 2 saturated heterocycles. The zero-order valence-corrected chi connectivity index (χ0v) is 24.0. The van der Waals surface area contributed by atoms with E-state index in [1.165, 1.54) is 57.8 Å². The summed E-state index contributed by atoms with van der Waals surface area (Å²) in [7, 11) is -3.18. The van der Waals surface area contributed by atoms with Crippen molar-refractivity contribution in [1.29, 1.82) is 0 Å². The second-order valence-corrected chi connectivity index (χ2v) is 15.6. The minimum absolute atomic E-state index is 0.198. The summed E-state index contributed by atoms with van der Waals surface area (Å²) in [5.41, 5.74) is 3.32. The van der Waals surface area contributed by atoms with Gasteiger partial charge in [0.05, 0.1) is 23.2 Å². The molecule has 2 aromatic rings. The number of rotatable bonds is 7. The second kappa shape index (κ2) is 9.87. The van der Waals surface area contributed by atoms with Crippen LogP contribution in [0.3, 0.4) is 0 Å². The van der Waals surface area contributed by atoms with Gasteiger partial charge in [0.2, 0.25) is 0 Å². The van der Waals surface area contributed by atoms with Gasteiger partial charge in [-0.15, -0.1) is 0 Å². The number of likely N-dealkylation sites (tertiary alicyclic amines) is 1. The highest BCUT2D eigenvalue weighted by Crippen LogP contribution is 2.55. The number of hydrogen-bond donors (Lipinski definition) is 0. The lowest BCUT2D eigenvalue weighted by molar-refractivity contribution is 0.0246. The summed E-state index contributed by atoms with van der Waals surface area (Å²) in [6.45, 7) is 3.29. The molecule has 1 atom stereocenters. The van der Waals surface area contributed by atoms with Crippen LogP contribution in [0.1, 0.15) is 75.3 Å². The van der Waals surface area contributed by atoms with Gasteiger partial charge in [-0.25, -0.2) is 12.8 Å². The lowest BCUT2D eigenvalue weighted by atomic mass is 9.54. The van der Waals surface area contributed by atoms with Crippen LogP contribution in [0, 0.1) is 11.8 Å². The molecule has 3 aliphatic carbocycles. The van der Waals surface area contributed by atoms with Crippen LogP contribution in [-0.2, 0) is 21.7 Å². The number of fused-ring (bicyclic) bond motifs is 1. The predicted molar refractivity (Wildman–Crippen MR) is 155 cm³/mol. The van der Waals surface area contributed by atoms with E-state index in [4.69, 9.17) is 0 Å². The molecule has 0 radical (unpaired) electrons. The third-order valence-corrected chi connectivity index (χ3v) is 13.2. The number of benzene rings is 2. The fourth-order valence-electron chi connectivity index (χ4n) is 8.87. The summed E-state index contributed by atoms with van der Waals surface area (Å²) >= 11 is 0. The molecular weight excluding hydrogens is 507 g/mol. The van der Waals surface area contributed by atoms with Gasteiger partial charge in [0.25, 0.3) is 0 Å². The fraction of sp³-hybridized carbons (Fsp3) is 0.636. The van der Waals surface area contributed by atoms with Crippen molar-refractivity contribution in [2.45, 2.75) is 91.9 Å². The number of anilines is 1. The lowest BCUT2D eigenvalue weighted by Gasteiger charge is -2.53. The maximum absolute atomic E-state index is 15.8. The number of hydrogen-bond acceptors (Lipinski definition) is 4. The van der Waals surface area contributed by atoms with Crippen molar-refractivity contribution >= 4 is 15.5 Å². The Labute approximate surface area is 233 Å². The van der Waals surface area contributed by atoms with Crippen molar-refractivity contribution in [3.05, 3.63) is 59.7 Å². The Morgan fingerprint density at radius 3 is 2.18 bits per heavy atom. The molecule has 2 saturated carbocycles. The molecular formula is C33H43FN2O2S. The van der Waals surface area contributed by atoms with Gasteiger partial charge < -0.3 is 4.90 Å². The van der Waals surface area contributed by atoms with Gasteiger partial charge in [-0.1, -0.05) is 37.1 Å². The van der Waals surface area contributed by atoms with Crippen LogP contribution in [0.15, 0.2) is 53.4 Å². The molecule has 1 unspecified atom stereocenters. The SMILES string of the molecule is O=S(=O)(c1ccc(N2CC(F)(CN3CCC(C4(C5CCCC5)CCCc5ccccc54)CC3)C2)cc1)C1CC1. The highest BCUT2D eigenvalue weighted by atomic mass is 32.2. The number of piperidine rings is 1.